The molecule has 1 atom stereocenters. The molecular formula is C16H22N2O2. The zero-order valence-corrected chi connectivity index (χ0v) is 12.2. The van der Waals surface area contributed by atoms with E-state index in [0.29, 0.717) is 0 Å². The molecule has 1 unspecified atom stereocenters. The van der Waals surface area contributed by atoms with Crippen LogP contribution in [0.3, 0.4) is 0 Å². The van der Waals surface area contributed by atoms with Gasteiger partial charge in [-0.25, -0.2) is 0 Å². The van der Waals surface area contributed by atoms with Crippen LogP contribution in [-0.2, 0) is 11.3 Å². The normalized spacial score (nSPS) is 20.6. The van der Waals surface area contributed by atoms with Crippen molar-refractivity contribution in [2.24, 2.45) is 0 Å². The molecule has 1 N–H and O–H groups in total. The number of furan rings is 1. The standard InChI is InChI=1S/C16H22N2O2/c1-12-15(14-5-3-4-6-16(14)20-12)11-18-7-8-19-13(10-18)9-17-2/h3-6,13,17H,7-11H2,1-2H3. The van der Waals surface area contributed by atoms with Gasteiger partial charge >= 0.3 is 0 Å². The number of likely N-dealkylation sites (N-methyl/N-ethyl adjacent to an activating group) is 1. The van der Waals surface area contributed by atoms with Crippen molar-refractivity contribution >= 4 is 11.0 Å². The summed E-state index contributed by atoms with van der Waals surface area (Å²) < 4.78 is 11.6. The van der Waals surface area contributed by atoms with Gasteiger partial charge in [0, 0.05) is 37.1 Å². The molecule has 108 valence electrons. The highest BCUT2D eigenvalue weighted by Crippen LogP contribution is 2.26. The van der Waals surface area contributed by atoms with E-state index in [2.05, 4.69) is 29.3 Å². The molecule has 4 heteroatoms. The average molecular weight is 274 g/mol. The van der Waals surface area contributed by atoms with E-state index >= 15 is 0 Å². The molecule has 1 aromatic carbocycles. The van der Waals surface area contributed by atoms with E-state index in [4.69, 9.17) is 9.15 Å². The van der Waals surface area contributed by atoms with E-state index in [-0.39, 0.29) is 6.10 Å². The SMILES string of the molecule is CNCC1CN(Cc2c(C)oc3ccccc23)CCO1. The number of nitrogens with zero attached hydrogens (tertiary/aromatic N) is 1. The van der Waals surface area contributed by atoms with Crippen LogP contribution in [0.1, 0.15) is 11.3 Å². The lowest BCUT2D eigenvalue weighted by molar-refractivity contribution is -0.0291. The zero-order chi connectivity index (χ0) is 13.9. The van der Waals surface area contributed by atoms with E-state index in [0.717, 1.165) is 44.1 Å². The van der Waals surface area contributed by atoms with Gasteiger partial charge in [0.25, 0.3) is 0 Å². The van der Waals surface area contributed by atoms with E-state index in [1.807, 2.05) is 19.2 Å². The lowest BCUT2D eigenvalue weighted by atomic mass is 10.1. The summed E-state index contributed by atoms with van der Waals surface area (Å²) in [5, 5.41) is 4.43. The number of aryl methyl sites for hydroxylation is 1. The molecule has 3 rings (SSSR count). The monoisotopic (exact) mass is 274 g/mol. The fraction of sp³-hybridized carbons (Fsp3) is 0.500. The summed E-state index contributed by atoms with van der Waals surface area (Å²) in [6.45, 7) is 6.66. The van der Waals surface area contributed by atoms with Crippen molar-refractivity contribution in [1.82, 2.24) is 10.2 Å². The Morgan fingerprint density at radius 3 is 3.05 bits per heavy atom. The van der Waals surface area contributed by atoms with Crippen molar-refractivity contribution < 1.29 is 9.15 Å². The topological polar surface area (TPSA) is 37.6 Å². The van der Waals surface area contributed by atoms with Gasteiger partial charge in [0.2, 0.25) is 0 Å². The average Bonchev–Trinajstić information content (AvgIpc) is 2.76. The smallest absolute Gasteiger partial charge is 0.134 e. The number of para-hydroxylation sites is 1. The Morgan fingerprint density at radius 1 is 1.35 bits per heavy atom. The number of fused-ring (bicyclic) bond motifs is 1. The van der Waals surface area contributed by atoms with Gasteiger partial charge in [-0.3, -0.25) is 4.90 Å². The summed E-state index contributed by atoms with van der Waals surface area (Å²) in [5.74, 6) is 1.03. The molecule has 2 aromatic rings. The molecule has 2 heterocycles. The highest BCUT2D eigenvalue weighted by molar-refractivity contribution is 5.82. The van der Waals surface area contributed by atoms with E-state index < -0.39 is 0 Å². The highest BCUT2D eigenvalue weighted by Gasteiger charge is 2.22. The number of hydrogen-bond donors (Lipinski definition) is 1. The number of ether oxygens (including phenoxy) is 1. The molecule has 1 aliphatic rings. The van der Waals surface area contributed by atoms with Crippen molar-refractivity contribution in [3.05, 3.63) is 35.6 Å². The zero-order valence-electron chi connectivity index (χ0n) is 12.2. The molecule has 0 spiro atoms. The van der Waals surface area contributed by atoms with Gasteiger partial charge in [0.05, 0.1) is 12.7 Å². The van der Waals surface area contributed by atoms with Crippen LogP contribution in [0.2, 0.25) is 0 Å². The van der Waals surface area contributed by atoms with Gasteiger partial charge in [-0.1, -0.05) is 18.2 Å². The molecule has 1 saturated heterocycles. The van der Waals surface area contributed by atoms with Crippen LogP contribution >= 0.6 is 0 Å². The van der Waals surface area contributed by atoms with Gasteiger partial charge in [-0.2, -0.15) is 0 Å². The molecular weight excluding hydrogens is 252 g/mol. The summed E-state index contributed by atoms with van der Waals surface area (Å²) in [7, 11) is 1.97. The largest absolute Gasteiger partial charge is 0.461 e. The van der Waals surface area contributed by atoms with Gasteiger partial charge in [-0.05, 0) is 20.0 Å². The number of morpholine rings is 1. The van der Waals surface area contributed by atoms with Crippen LogP contribution in [0.15, 0.2) is 28.7 Å². The minimum Gasteiger partial charge on any atom is -0.461 e. The molecule has 1 aromatic heterocycles. The molecule has 0 radical (unpaired) electrons. The molecule has 1 aliphatic heterocycles. The number of nitrogens with one attached hydrogen (secondary N) is 1. The maximum absolute atomic E-state index is 5.84. The minimum absolute atomic E-state index is 0.284. The Hall–Kier alpha value is -1.36. The third-order valence-corrected chi connectivity index (χ3v) is 3.94. The molecule has 0 amide bonds. The Bertz CT molecular complexity index is 577. The summed E-state index contributed by atoms with van der Waals surface area (Å²) in [6.07, 6.45) is 0.284. The van der Waals surface area contributed by atoms with Gasteiger partial charge < -0.3 is 14.5 Å². The minimum atomic E-state index is 0.284. The van der Waals surface area contributed by atoms with Crippen LogP contribution in [0.25, 0.3) is 11.0 Å². The molecule has 4 nitrogen and oxygen atoms in total. The van der Waals surface area contributed by atoms with Crippen LogP contribution < -0.4 is 5.32 Å². The van der Waals surface area contributed by atoms with E-state index in [9.17, 15) is 0 Å². The third-order valence-electron chi connectivity index (χ3n) is 3.94. The van der Waals surface area contributed by atoms with Crippen molar-refractivity contribution in [1.29, 1.82) is 0 Å². The predicted octanol–water partition coefficient (Wildman–Crippen LogP) is 2.16. The third kappa shape index (κ3) is 2.73. The fourth-order valence-electron chi connectivity index (χ4n) is 2.92. The molecule has 0 saturated carbocycles. The van der Waals surface area contributed by atoms with Crippen LogP contribution in [-0.4, -0.2) is 44.3 Å². The molecule has 20 heavy (non-hydrogen) atoms. The first-order valence-electron chi connectivity index (χ1n) is 7.23. The quantitative estimate of drug-likeness (QED) is 0.927. The summed E-state index contributed by atoms with van der Waals surface area (Å²) in [6, 6.07) is 8.28. The second-order valence-electron chi connectivity index (χ2n) is 5.42. The molecule has 0 aliphatic carbocycles. The number of benzene rings is 1. The van der Waals surface area contributed by atoms with Crippen LogP contribution in [0, 0.1) is 6.92 Å². The first kappa shape index (κ1) is 13.6. The highest BCUT2D eigenvalue weighted by atomic mass is 16.5. The van der Waals surface area contributed by atoms with Gasteiger partial charge in [-0.15, -0.1) is 0 Å². The maximum Gasteiger partial charge on any atom is 0.134 e. The Kier molecular flexibility index (Phi) is 4.05. The second-order valence-corrected chi connectivity index (χ2v) is 5.42. The van der Waals surface area contributed by atoms with Crippen molar-refractivity contribution in [3.8, 4) is 0 Å². The maximum atomic E-state index is 5.84. The fourth-order valence-corrected chi connectivity index (χ4v) is 2.92. The summed E-state index contributed by atoms with van der Waals surface area (Å²) in [4.78, 5) is 2.45. The van der Waals surface area contributed by atoms with E-state index in [1.54, 1.807) is 0 Å². The number of hydrogen-bond acceptors (Lipinski definition) is 4. The van der Waals surface area contributed by atoms with Crippen molar-refractivity contribution in [3.63, 3.8) is 0 Å². The molecule has 1 fully saturated rings. The van der Waals surface area contributed by atoms with Gasteiger partial charge in [0.15, 0.2) is 0 Å². The lowest BCUT2D eigenvalue weighted by Gasteiger charge is -2.32. The predicted molar refractivity (Wildman–Crippen MR) is 79.9 cm³/mol. The second kappa shape index (κ2) is 5.95. The first-order chi connectivity index (χ1) is 9.78. The summed E-state index contributed by atoms with van der Waals surface area (Å²) in [5.41, 5.74) is 2.30. The van der Waals surface area contributed by atoms with Crippen LogP contribution in [0.4, 0.5) is 0 Å². The lowest BCUT2D eigenvalue weighted by Crippen LogP contribution is -2.45. The Morgan fingerprint density at radius 2 is 2.20 bits per heavy atom. The van der Waals surface area contributed by atoms with Crippen LogP contribution in [0.5, 0.6) is 0 Å². The summed E-state index contributed by atoms with van der Waals surface area (Å²) >= 11 is 0. The number of rotatable bonds is 4. The Labute approximate surface area is 119 Å². The Balaban J connectivity index is 1.77. The van der Waals surface area contributed by atoms with Crippen molar-refractivity contribution in [2.75, 3.05) is 33.3 Å². The van der Waals surface area contributed by atoms with Crippen molar-refractivity contribution in [2.45, 2.75) is 19.6 Å². The first-order valence-corrected chi connectivity index (χ1v) is 7.23. The van der Waals surface area contributed by atoms with E-state index in [1.165, 1.54) is 10.9 Å². The van der Waals surface area contributed by atoms with Gasteiger partial charge in [0.1, 0.15) is 11.3 Å². The molecule has 0 bridgehead atoms.